The fourth-order valence-corrected chi connectivity index (χ4v) is 6.96. The average molecular weight is 947 g/mol. The van der Waals surface area contributed by atoms with Crippen LogP contribution < -0.4 is 10.2 Å². The van der Waals surface area contributed by atoms with E-state index in [1.165, 1.54) is 38.5 Å². The Morgan fingerprint density at radius 2 is 0.925 bits per heavy atom. The number of phosphoric acid groups is 1. The largest absolute Gasteiger partial charge is 0.756 e. The number of hydrogen-bond donors (Lipinski definition) is 2. The molecule has 2 N–H and O–H groups in total. The van der Waals surface area contributed by atoms with Gasteiger partial charge >= 0.3 is 0 Å². The Morgan fingerprint density at radius 1 is 0.537 bits per heavy atom. The summed E-state index contributed by atoms with van der Waals surface area (Å²) in [6, 6.07) is -0.952. The van der Waals surface area contributed by atoms with Crippen LogP contribution in [0.5, 0.6) is 0 Å². The lowest BCUT2D eigenvalue weighted by Crippen LogP contribution is -2.45. The summed E-state index contributed by atoms with van der Waals surface area (Å²) in [5.74, 6) is -0.277. The third-order valence-corrected chi connectivity index (χ3v) is 11.2. The third-order valence-electron chi connectivity index (χ3n) is 10.3. The lowest BCUT2D eigenvalue weighted by molar-refractivity contribution is -0.870. The molecule has 0 heterocycles. The Labute approximate surface area is 410 Å². The van der Waals surface area contributed by atoms with Gasteiger partial charge in [-0.05, 0) is 109 Å². The van der Waals surface area contributed by atoms with Crippen LogP contribution >= 0.6 is 7.82 Å². The quantitative estimate of drug-likeness (QED) is 0.0273. The van der Waals surface area contributed by atoms with Crippen molar-refractivity contribution >= 4 is 13.7 Å². The second kappa shape index (κ2) is 47.4. The molecule has 0 aliphatic rings. The van der Waals surface area contributed by atoms with Gasteiger partial charge in [-0.25, -0.2) is 0 Å². The van der Waals surface area contributed by atoms with Gasteiger partial charge in [0.05, 0.1) is 39.9 Å². The number of amides is 1. The molecule has 0 bridgehead atoms. The van der Waals surface area contributed by atoms with Gasteiger partial charge < -0.3 is 28.8 Å². The molecule has 378 valence electrons. The second-order valence-corrected chi connectivity index (χ2v) is 19.2. The second-order valence-electron chi connectivity index (χ2n) is 17.8. The molecule has 3 unspecified atom stereocenters. The lowest BCUT2D eigenvalue weighted by Gasteiger charge is -2.29. The van der Waals surface area contributed by atoms with Gasteiger partial charge in [0, 0.05) is 6.42 Å². The molecule has 8 nitrogen and oxygen atoms in total. The van der Waals surface area contributed by atoms with E-state index >= 15 is 0 Å². The van der Waals surface area contributed by atoms with Gasteiger partial charge in [-0.2, -0.15) is 0 Å². The van der Waals surface area contributed by atoms with Crippen LogP contribution in [0.1, 0.15) is 162 Å². The fraction of sp³-hybridized carbons (Fsp3) is 0.569. The molecule has 0 aromatic carbocycles. The summed E-state index contributed by atoms with van der Waals surface area (Å²) < 4.78 is 23.2. The first kappa shape index (κ1) is 63.4. The van der Waals surface area contributed by atoms with Crippen LogP contribution in [-0.4, -0.2) is 68.5 Å². The highest BCUT2D eigenvalue weighted by atomic mass is 31.2. The number of hydrogen-bond acceptors (Lipinski definition) is 6. The molecule has 0 aliphatic heterocycles. The molecule has 0 rings (SSSR count). The number of quaternary nitrogens is 1. The van der Waals surface area contributed by atoms with Crippen LogP contribution in [0.15, 0.2) is 146 Å². The van der Waals surface area contributed by atoms with Crippen molar-refractivity contribution in [3.63, 3.8) is 0 Å². The summed E-state index contributed by atoms with van der Waals surface area (Å²) in [6.45, 7) is 4.41. The first-order valence-electron chi connectivity index (χ1n) is 25.7. The van der Waals surface area contributed by atoms with Crippen molar-refractivity contribution in [3.8, 4) is 0 Å². The fourth-order valence-electron chi connectivity index (χ4n) is 6.24. The molecule has 9 heteroatoms. The van der Waals surface area contributed by atoms with Crippen LogP contribution in [0.4, 0.5) is 0 Å². The number of nitrogens with one attached hydrogen (secondary N) is 1. The summed E-state index contributed by atoms with van der Waals surface area (Å²) in [4.78, 5) is 25.4. The third kappa shape index (κ3) is 50.1. The van der Waals surface area contributed by atoms with E-state index in [2.05, 4.69) is 153 Å². The van der Waals surface area contributed by atoms with Crippen molar-refractivity contribution in [3.05, 3.63) is 146 Å². The molecule has 67 heavy (non-hydrogen) atoms. The molecule has 3 atom stereocenters. The maximum absolute atomic E-state index is 12.9. The van der Waals surface area contributed by atoms with Crippen LogP contribution in [-0.2, 0) is 18.4 Å². The number of rotatable bonds is 44. The molecule has 0 aliphatic carbocycles. The predicted octanol–water partition coefficient (Wildman–Crippen LogP) is 14.7. The Hall–Kier alpha value is -3.62. The van der Waals surface area contributed by atoms with Crippen molar-refractivity contribution in [1.29, 1.82) is 0 Å². The Kier molecular flexibility index (Phi) is 44.9. The number of carbonyl (C=O) groups is 1. The van der Waals surface area contributed by atoms with Crippen LogP contribution in [0.3, 0.4) is 0 Å². The molecule has 1 amide bonds. The Bertz CT molecular complexity index is 1590. The minimum atomic E-state index is -4.63. The molecule has 0 saturated heterocycles. The Balaban J connectivity index is 4.50. The van der Waals surface area contributed by atoms with Crippen molar-refractivity contribution in [1.82, 2.24) is 5.32 Å². The maximum atomic E-state index is 12.9. The van der Waals surface area contributed by atoms with Gasteiger partial charge in [0.2, 0.25) is 5.91 Å². The molecular formula is C58H95N2O6P. The summed E-state index contributed by atoms with van der Waals surface area (Å²) in [5.41, 5.74) is 0. The molecule has 0 spiro atoms. The van der Waals surface area contributed by atoms with E-state index in [0.717, 1.165) is 89.9 Å². The standard InChI is InChI=1S/C58H95N2O6P/c1-6-8-10-12-14-16-18-20-22-24-25-26-27-28-29-30-31-32-33-34-35-36-38-40-42-44-46-48-50-52-58(62)59-56(55-66-67(63,64)65-54-53-60(3,4)5)57(61)51-49-47-45-43-41-39-37-23-21-19-17-15-13-11-9-7-2/h8,10,14,16,20-23,25-26,28-29,31-32,34-35,38,40-41,43-44,46,49,51,56-57,61H,6-7,9,11-13,15,17-19,24,27,30,33,36-37,39,42,45,47-48,50,52-55H2,1-5H3,(H-,59,62,63,64)/b10-8-,16-14-,22-20-,23-21+,26-25-,29-28-,32-31-,35-34-,40-38-,43-41+,46-44-,51-49+. The minimum Gasteiger partial charge on any atom is -0.756 e. The van der Waals surface area contributed by atoms with E-state index in [4.69, 9.17) is 9.05 Å². The molecule has 0 radical (unpaired) electrons. The number of aliphatic hydroxyl groups excluding tert-OH is 1. The van der Waals surface area contributed by atoms with Gasteiger partial charge in [-0.1, -0.05) is 192 Å². The van der Waals surface area contributed by atoms with E-state index in [-0.39, 0.29) is 18.9 Å². The van der Waals surface area contributed by atoms with E-state index in [9.17, 15) is 19.4 Å². The molecular weight excluding hydrogens is 852 g/mol. The highest BCUT2D eigenvalue weighted by Gasteiger charge is 2.23. The summed E-state index contributed by atoms with van der Waals surface area (Å²) in [6.07, 6.45) is 73.5. The van der Waals surface area contributed by atoms with Crippen LogP contribution in [0.2, 0.25) is 0 Å². The first-order valence-corrected chi connectivity index (χ1v) is 27.2. The molecule has 0 aromatic rings. The number of phosphoric ester groups is 1. The van der Waals surface area contributed by atoms with Crippen molar-refractivity contribution < 1.29 is 32.9 Å². The zero-order valence-electron chi connectivity index (χ0n) is 42.8. The van der Waals surface area contributed by atoms with Crippen LogP contribution in [0.25, 0.3) is 0 Å². The van der Waals surface area contributed by atoms with Gasteiger partial charge in [0.25, 0.3) is 7.82 Å². The molecule has 0 aromatic heterocycles. The minimum absolute atomic E-state index is 0.0289. The molecule has 0 saturated carbocycles. The highest BCUT2D eigenvalue weighted by Crippen LogP contribution is 2.38. The van der Waals surface area contributed by atoms with Gasteiger partial charge in [-0.15, -0.1) is 0 Å². The summed E-state index contributed by atoms with van der Waals surface area (Å²) >= 11 is 0. The van der Waals surface area contributed by atoms with Gasteiger partial charge in [0.15, 0.2) is 0 Å². The van der Waals surface area contributed by atoms with E-state index < -0.39 is 26.6 Å². The van der Waals surface area contributed by atoms with Crippen molar-refractivity contribution in [2.75, 3.05) is 40.9 Å². The number of likely N-dealkylation sites (N-methyl/N-ethyl adjacent to an activating group) is 1. The van der Waals surface area contributed by atoms with E-state index in [0.29, 0.717) is 23.9 Å². The topological polar surface area (TPSA) is 108 Å². The summed E-state index contributed by atoms with van der Waals surface area (Å²) in [7, 11) is 1.17. The maximum Gasteiger partial charge on any atom is 0.268 e. The number of unbranched alkanes of at least 4 members (excludes halogenated alkanes) is 9. The van der Waals surface area contributed by atoms with E-state index in [1.54, 1.807) is 6.08 Å². The smallest absolute Gasteiger partial charge is 0.268 e. The van der Waals surface area contributed by atoms with E-state index in [1.807, 2.05) is 27.2 Å². The normalized spacial score (nSPS) is 15.3. The average Bonchev–Trinajstić information content (AvgIpc) is 3.29. The van der Waals surface area contributed by atoms with Gasteiger partial charge in [0.1, 0.15) is 13.2 Å². The van der Waals surface area contributed by atoms with Crippen molar-refractivity contribution in [2.24, 2.45) is 0 Å². The first-order chi connectivity index (χ1) is 32.5. The number of carbonyl (C=O) groups excluding carboxylic acids is 1. The Morgan fingerprint density at radius 3 is 1.39 bits per heavy atom. The van der Waals surface area contributed by atoms with Gasteiger partial charge in [-0.3, -0.25) is 9.36 Å². The number of allylic oxidation sites excluding steroid dienone is 23. The monoisotopic (exact) mass is 947 g/mol. The highest BCUT2D eigenvalue weighted by molar-refractivity contribution is 7.45. The van der Waals surface area contributed by atoms with Crippen LogP contribution in [0, 0.1) is 0 Å². The lowest BCUT2D eigenvalue weighted by atomic mass is 10.1. The SMILES string of the molecule is CC/C=C\C/C=C\C/C=C\C/C=C\C/C=C\C/C=C\C/C=C\C/C=C\C/C=C\CCCC(=O)NC(COP(=O)([O-])OCC[N+](C)(C)C)C(O)/C=C/CC/C=C/CC/C=C/CCCCCCCC. The zero-order valence-corrected chi connectivity index (χ0v) is 43.7. The number of nitrogens with zero attached hydrogens (tertiary/aromatic N) is 1. The number of aliphatic hydroxyl groups is 1. The summed E-state index contributed by atoms with van der Waals surface area (Å²) in [5, 5.41) is 13.7. The predicted molar refractivity (Wildman–Crippen MR) is 288 cm³/mol. The zero-order chi connectivity index (χ0) is 49.2. The molecule has 0 fully saturated rings. The van der Waals surface area contributed by atoms with Crippen molar-refractivity contribution in [2.45, 2.75) is 174 Å².